The first-order valence-electron chi connectivity index (χ1n) is 22.5. The summed E-state index contributed by atoms with van der Waals surface area (Å²) in [6, 6.07) is -1.48. The molecule has 11 heteroatoms. The Bertz CT molecular complexity index is 1040. The maximum absolute atomic E-state index is 12.6. The number of phosphoric acid groups is 1. The molecule has 4 N–H and O–H groups in total. The number of allylic oxidation sites excluding steroid dienone is 6. The average Bonchev–Trinajstić information content (AvgIpc) is 3.18. The maximum Gasteiger partial charge on any atom is 0.472 e. The van der Waals surface area contributed by atoms with E-state index < -0.39 is 45.1 Å². The molecule has 0 aromatic carbocycles. The van der Waals surface area contributed by atoms with Crippen molar-refractivity contribution in [3.05, 3.63) is 36.5 Å². The Morgan fingerprint density at radius 2 is 1.04 bits per heavy atom. The van der Waals surface area contributed by atoms with E-state index in [2.05, 4.69) is 50.3 Å². The van der Waals surface area contributed by atoms with Crippen LogP contribution in [-0.4, -0.2) is 60.5 Å². The Kier molecular flexibility index (Phi) is 40.0. The van der Waals surface area contributed by atoms with Crippen LogP contribution in [0, 0.1) is 0 Å². The second-order valence-electron chi connectivity index (χ2n) is 15.2. The van der Waals surface area contributed by atoms with E-state index >= 15 is 0 Å². The van der Waals surface area contributed by atoms with Crippen LogP contribution in [0.2, 0.25) is 0 Å². The Labute approximate surface area is 342 Å². The number of rotatable bonds is 43. The van der Waals surface area contributed by atoms with Crippen molar-refractivity contribution < 1.29 is 42.7 Å². The fourth-order valence-corrected chi connectivity index (χ4v) is 6.99. The second-order valence-corrected chi connectivity index (χ2v) is 16.6. The standard InChI is InChI=1S/C45H84NO9P/c1-3-5-7-9-11-13-15-17-19-20-21-22-23-24-25-27-29-31-33-35-37-44(47)55-42(40-53-56(50,51)54-41-43(46)45(48)49)39-52-38-36-34-32-30-28-26-18-16-14-12-10-8-6-4-2/h6,8,12,14,18,26,42-43H,3-5,7,9-11,13,15-17,19-25,27-41,46H2,1-2H3,(H,48,49)(H,50,51)/b8-6-,14-12-,26-18-. The smallest absolute Gasteiger partial charge is 0.472 e. The lowest BCUT2D eigenvalue weighted by Crippen LogP contribution is -2.34. The molecule has 0 radical (unpaired) electrons. The lowest BCUT2D eigenvalue weighted by molar-refractivity contribution is -0.154. The van der Waals surface area contributed by atoms with Crippen molar-refractivity contribution in [1.29, 1.82) is 0 Å². The number of aliphatic carboxylic acids is 1. The highest BCUT2D eigenvalue weighted by Crippen LogP contribution is 2.43. The van der Waals surface area contributed by atoms with E-state index in [-0.39, 0.29) is 13.0 Å². The minimum Gasteiger partial charge on any atom is -0.480 e. The third-order valence-corrected chi connectivity index (χ3v) is 10.6. The van der Waals surface area contributed by atoms with E-state index in [1.807, 2.05) is 0 Å². The first-order valence-corrected chi connectivity index (χ1v) is 24.0. The maximum atomic E-state index is 12.6. The van der Waals surface area contributed by atoms with E-state index in [0.29, 0.717) is 13.0 Å². The van der Waals surface area contributed by atoms with Gasteiger partial charge in [-0.15, -0.1) is 0 Å². The average molecular weight is 814 g/mol. The minimum absolute atomic E-state index is 0.00409. The van der Waals surface area contributed by atoms with Gasteiger partial charge in [-0.1, -0.05) is 185 Å². The van der Waals surface area contributed by atoms with Crippen LogP contribution in [0.25, 0.3) is 0 Å². The third kappa shape index (κ3) is 40.4. The summed E-state index contributed by atoms with van der Waals surface area (Å²) < 4.78 is 33.3. The van der Waals surface area contributed by atoms with E-state index in [1.54, 1.807) is 0 Å². The SMILES string of the molecule is CC/C=C\C/C=C\C/C=C\CCCCCCOCC(COP(=O)(O)OCC(N)C(=O)O)OC(=O)CCCCCCCCCCCCCCCCCCCCCC. The van der Waals surface area contributed by atoms with Crippen LogP contribution >= 0.6 is 7.82 Å². The Morgan fingerprint density at radius 3 is 1.55 bits per heavy atom. The van der Waals surface area contributed by atoms with Crippen molar-refractivity contribution in [3.8, 4) is 0 Å². The highest BCUT2D eigenvalue weighted by molar-refractivity contribution is 7.47. The van der Waals surface area contributed by atoms with E-state index in [1.165, 1.54) is 109 Å². The predicted octanol–water partition coefficient (Wildman–Crippen LogP) is 12.5. The van der Waals surface area contributed by atoms with Crippen LogP contribution < -0.4 is 5.73 Å². The van der Waals surface area contributed by atoms with E-state index in [9.17, 15) is 19.0 Å². The molecule has 0 aromatic heterocycles. The molecule has 0 aromatic rings. The zero-order chi connectivity index (χ0) is 41.2. The first-order chi connectivity index (χ1) is 27.2. The van der Waals surface area contributed by atoms with Crippen molar-refractivity contribution in [2.24, 2.45) is 5.73 Å². The molecule has 0 spiro atoms. The molecule has 0 saturated carbocycles. The van der Waals surface area contributed by atoms with Gasteiger partial charge < -0.3 is 25.2 Å². The predicted molar refractivity (Wildman–Crippen MR) is 231 cm³/mol. The Hall–Kier alpha value is -1.81. The molecule has 3 atom stereocenters. The summed E-state index contributed by atoms with van der Waals surface area (Å²) in [5.41, 5.74) is 5.35. The zero-order valence-electron chi connectivity index (χ0n) is 35.7. The largest absolute Gasteiger partial charge is 0.480 e. The Balaban J connectivity index is 4.19. The molecular weight excluding hydrogens is 729 g/mol. The number of hydrogen-bond donors (Lipinski definition) is 3. The Morgan fingerprint density at radius 1 is 0.589 bits per heavy atom. The van der Waals surface area contributed by atoms with Gasteiger partial charge >= 0.3 is 19.8 Å². The number of unbranched alkanes of at least 4 members (excludes halogenated alkanes) is 23. The highest BCUT2D eigenvalue weighted by Gasteiger charge is 2.27. The molecule has 0 fully saturated rings. The first kappa shape index (κ1) is 54.2. The number of carboxylic acids is 1. The number of phosphoric ester groups is 1. The second kappa shape index (κ2) is 41.4. The van der Waals surface area contributed by atoms with Crippen molar-refractivity contribution in [2.75, 3.05) is 26.4 Å². The van der Waals surface area contributed by atoms with Crippen LogP contribution in [0.4, 0.5) is 0 Å². The van der Waals surface area contributed by atoms with Gasteiger partial charge in [-0.2, -0.15) is 0 Å². The normalized spacial score (nSPS) is 14.2. The minimum atomic E-state index is -4.62. The molecule has 0 saturated heterocycles. The molecule has 10 nitrogen and oxygen atoms in total. The van der Waals surface area contributed by atoms with E-state index in [0.717, 1.165) is 64.2 Å². The molecule has 0 aliphatic carbocycles. The number of nitrogens with two attached hydrogens (primary N) is 1. The molecule has 0 heterocycles. The van der Waals surface area contributed by atoms with Gasteiger partial charge in [0.1, 0.15) is 12.1 Å². The van der Waals surface area contributed by atoms with Crippen LogP contribution in [-0.2, 0) is 32.7 Å². The van der Waals surface area contributed by atoms with Gasteiger partial charge in [-0.25, -0.2) is 4.57 Å². The molecule has 56 heavy (non-hydrogen) atoms. The van der Waals surface area contributed by atoms with Gasteiger partial charge in [0.05, 0.1) is 19.8 Å². The number of carbonyl (C=O) groups is 2. The monoisotopic (exact) mass is 814 g/mol. The van der Waals surface area contributed by atoms with Crippen molar-refractivity contribution in [2.45, 2.75) is 212 Å². The molecule has 0 bridgehead atoms. The summed E-state index contributed by atoms with van der Waals surface area (Å²) in [7, 11) is -4.62. The van der Waals surface area contributed by atoms with Crippen LogP contribution in [0.15, 0.2) is 36.5 Å². The molecule has 0 rings (SSSR count). The number of carboxylic acid groups (broad SMARTS) is 1. The molecular formula is C45H84NO9P. The molecule has 0 aliphatic heterocycles. The molecule has 0 aliphatic rings. The highest BCUT2D eigenvalue weighted by atomic mass is 31.2. The molecule has 3 unspecified atom stereocenters. The fourth-order valence-electron chi connectivity index (χ4n) is 6.21. The quantitative estimate of drug-likeness (QED) is 0.0234. The summed E-state index contributed by atoms with van der Waals surface area (Å²) in [4.78, 5) is 33.5. The summed E-state index contributed by atoms with van der Waals surface area (Å²) in [6.07, 6.45) is 46.3. The summed E-state index contributed by atoms with van der Waals surface area (Å²) >= 11 is 0. The topological polar surface area (TPSA) is 155 Å². The van der Waals surface area contributed by atoms with Gasteiger partial charge in [0, 0.05) is 13.0 Å². The lowest BCUT2D eigenvalue weighted by atomic mass is 10.0. The van der Waals surface area contributed by atoms with Gasteiger partial charge in [0.15, 0.2) is 0 Å². The van der Waals surface area contributed by atoms with Gasteiger partial charge in [0.25, 0.3) is 0 Å². The number of ether oxygens (including phenoxy) is 2. The van der Waals surface area contributed by atoms with Crippen molar-refractivity contribution in [3.63, 3.8) is 0 Å². The van der Waals surface area contributed by atoms with Gasteiger partial charge in [0.2, 0.25) is 0 Å². The van der Waals surface area contributed by atoms with Crippen molar-refractivity contribution >= 4 is 19.8 Å². The fraction of sp³-hybridized carbons (Fsp3) is 0.822. The summed E-state index contributed by atoms with van der Waals surface area (Å²) in [6.45, 7) is 3.74. The lowest BCUT2D eigenvalue weighted by Gasteiger charge is -2.20. The third-order valence-electron chi connectivity index (χ3n) is 9.68. The van der Waals surface area contributed by atoms with Gasteiger partial charge in [-0.3, -0.25) is 18.6 Å². The number of hydrogen-bond acceptors (Lipinski definition) is 8. The number of esters is 1. The molecule has 328 valence electrons. The zero-order valence-corrected chi connectivity index (χ0v) is 36.6. The summed E-state index contributed by atoms with van der Waals surface area (Å²) in [5, 5.41) is 8.90. The van der Waals surface area contributed by atoms with E-state index in [4.69, 9.17) is 29.4 Å². The van der Waals surface area contributed by atoms with Crippen LogP contribution in [0.3, 0.4) is 0 Å². The summed E-state index contributed by atoms with van der Waals surface area (Å²) in [5.74, 6) is -1.78. The van der Waals surface area contributed by atoms with Crippen LogP contribution in [0.1, 0.15) is 200 Å². The molecule has 0 amide bonds. The van der Waals surface area contributed by atoms with Gasteiger partial charge in [-0.05, 0) is 44.9 Å². The van der Waals surface area contributed by atoms with Crippen LogP contribution in [0.5, 0.6) is 0 Å². The van der Waals surface area contributed by atoms with Crippen molar-refractivity contribution in [1.82, 2.24) is 0 Å². The number of carbonyl (C=O) groups excluding carboxylic acids is 1.